The van der Waals surface area contributed by atoms with E-state index in [1.807, 2.05) is 37.3 Å². The molecule has 0 bridgehead atoms. The Morgan fingerprint density at radius 3 is 2.48 bits per heavy atom. The molecule has 1 aliphatic rings. The van der Waals surface area contributed by atoms with Crippen LogP contribution in [0.3, 0.4) is 0 Å². The minimum atomic E-state index is -0.580. The molecule has 25 heavy (non-hydrogen) atoms. The number of rotatable bonds is 10. The lowest BCUT2D eigenvalue weighted by Gasteiger charge is -2.28. The fourth-order valence-corrected chi connectivity index (χ4v) is 3.91. The normalized spacial score (nSPS) is 23.2. The van der Waals surface area contributed by atoms with Gasteiger partial charge in [-0.1, -0.05) is 62.9 Å². The number of carbonyl (C=O) groups is 1. The van der Waals surface area contributed by atoms with Crippen molar-refractivity contribution in [2.45, 2.75) is 77.4 Å². The van der Waals surface area contributed by atoms with Gasteiger partial charge in [-0.2, -0.15) is 0 Å². The number of nitrogens with one attached hydrogen (secondary N) is 1. The molecule has 0 unspecified atom stereocenters. The first kappa shape index (κ1) is 20.1. The Balaban J connectivity index is 1.68. The number of hydrogen-bond acceptors (Lipinski definition) is 3. The van der Waals surface area contributed by atoms with Crippen LogP contribution in [0.2, 0.25) is 0 Å². The van der Waals surface area contributed by atoms with Crippen LogP contribution in [-0.4, -0.2) is 23.5 Å². The summed E-state index contributed by atoms with van der Waals surface area (Å²) in [6, 6.07) is 9.51. The largest absolute Gasteiger partial charge is 0.387 e. The fraction of sp³-hybridized carbons (Fsp3) is 0.682. The van der Waals surface area contributed by atoms with Gasteiger partial charge in [-0.3, -0.25) is 4.79 Å². The number of Topliss-reactive ketones (excluding diaryl/α,β-unsaturated/α-hetero) is 1. The molecule has 1 aromatic carbocycles. The summed E-state index contributed by atoms with van der Waals surface area (Å²) in [5, 5.41) is 13.6. The molecular formula is C22H35NO2. The van der Waals surface area contributed by atoms with Crippen molar-refractivity contribution in [1.82, 2.24) is 5.32 Å². The number of aliphatic hydroxyl groups excluding tert-OH is 1. The number of ketones is 1. The van der Waals surface area contributed by atoms with E-state index < -0.39 is 6.10 Å². The van der Waals surface area contributed by atoms with E-state index in [2.05, 4.69) is 12.2 Å². The van der Waals surface area contributed by atoms with Gasteiger partial charge < -0.3 is 10.4 Å². The van der Waals surface area contributed by atoms with E-state index in [0.717, 1.165) is 24.3 Å². The Kier molecular flexibility index (Phi) is 8.63. The van der Waals surface area contributed by atoms with Gasteiger partial charge >= 0.3 is 0 Å². The molecule has 3 nitrogen and oxygen atoms in total. The summed E-state index contributed by atoms with van der Waals surface area (Å²) in [5.74, 6) is 1.37. The Morgan fingerprint density at radius 2 is 1.84 bits per heavy atom. The molecule has 1 fully saturated rings. The highest BCUT2D eigenvalue weighted by Gasteiger charge is 2.26. The van der Waals surface area contributed by atoms with Crippen molar-refractivity contribution in [3.05, 3.63) is 35.9 Å². The summed E-state index contributed by atoms with van der Waals surface area (Å²) in [5.41, 5.74) is 0.891. The van der Waals surface area contributed by atoms with E-state index >= 15 is 0 Å². The number of benzene rings is 1. The quantitative estimate of drug-likeness (QED) is 0.607. The van der Waals surface area contributed by atoms with Gasteiger partial charge in [0.1, 0.15) is 5.78 Å². The van der Waals surface area contributed by atoms with E-state index in [9.17, 15) is 9.90 Å². The van der Waals surface area contributed by atoms with E-state index in [1.165, 1.54) is 38.5 Å². The molecule has 0 aromatic heterocycles. The maximum absolute atomic E-state index is 12.5. The molecule has 0 saturated heterocycles. The molecule has 140 valence electrons. The van der Waals surface area contributed by atoms with Crippen molar-refractivity contribution in [2.75, 3.05) is 6.54 Å². The molecule has 1 aliphatic carbocycles. The standard InChI is InChI=1S/C22H35NO2/c1-3-4-6-9-18-12-14-19(15-13-18)21(24)16-23-17(2)22(25)20-10-7-5-8-11-20/h5,7-8,10-11,17-19,22-23,25H,3-4,6,9,12-16H2,1-2H3/t17-,18-,19-,22+/m1/s1. The number of carbonyl (C=O) groups excluding carboxylic acids is 1. The van der Waals surface area contributed by atoms with Gasteiger partial charge in [0.25, 0.3) is 0 Å². The summed E-state index contributed by atoms with van der Waals surface area (Å²) >= 11 is 0. The maximum atomic E-state index is 12.5. The van der Waals surface area contributed by atoms with Crippen LogP contribution in [-0.2, 0) is 4.79 Å². The minimum Gasteiger partial charge on any atom is -0.387 e. The zero-order chi connectivity index (χ0) is 18.1. The zero-order valence-electron chi connectivity index (χ0n) is 15.9. The number of hydrogen-bond donors (Lipinski definition) is 2. The first-order chi connectivity index (χ1) is 12.1. The lowest BCUT2D eigenvalue weighted by molar-refractivity contribution is -0.123. The molecule has 3 heteroatoms. The summed E-state index contributed by atoms with van der Waals surface area (Å²) in [6.07, 6.45) is 9.24. The van der Waals surface area contributed by atoms with Crippen LogP contribution >= 0.6 is 0 Å². The summed E-state index contributed by atoms with van der Waals surface area (Å²) < 4.78 is 0. The molecule has 0 heterocycles. The Bertz CT molecular complexity index is 494. The summed E-state index contributed by atoms with van der Waals surface area (Å²) in [6.45, 7) is 4.56. The predicted octanol–water partition coefficient (Wildman–Crippen LogP) is 4.65. The second-order valence-electron chi connectivity index (χ2n) is 7.70. The van der Waals surface area contributed by atoms with E-state index in [4.69, 9.17) is 0 Å². The van der Waals surface area contributed by atoms with Crippen LogP contribution in [0.1, 0.15) is 76.9 Å². The minimum absolute atomic E-state index is 0.128. The average Bonchev–Trinajstić information content (AvgIpc) is 2.66. The van der Waals surface area contributed by atoms with Crippen molar-refractivity contribution in [2.24, 2.45) is 11.8 Å². The Morgan fingerprint density at radius 1 is 1.16 bits per heavy atom. The highest BCUT2D eigenvalue weighted by Crippen LogP contribution is 2.32. The monoisotopic (exact) mass is 345 g/mol. The van der Waals surface area contributed by atoms with Crippen molar-refractivity contribution < 1.29 is 9.90 Å². The smallest absolute Gasteiger partial charge is 0.149 e. The molecule has 2 atom stereocenters. The van der Waals surface area contributed by atoms with Gasteiger partial charge in [0.15, 0.2) is 0 Å². The molecule has 0 aliphatic heterocycles. The van der Waals surface area contributed by atoms with Crippen LogP contribution < -0.4 is 5.32 Å². The average molecular weight is 346 g/mol. The molecule has 2 N–H and O–H groups in total. The molecule has 0 spiro atoms. The van der Waals surface area contributed by atoms with Gasteiger partial charge in [0.2, 0.25) is 0 Å². The highest BCUT2D eigenvalue weighted by atomic mass is 16.3. The lowest BCUT2D eigenvalue weighted by Crippen LogP contribution is -2.38. The molecule has 1 aromatic rings. The van der Waals surface area contributed by atoms with Crippen molar-refractivity contribution in [3.8, 4) is 0 Å². The molecule has 0 radical (unpaired) electrons. The van der Waals surface area contributed by atoms with Crippen LogP contribution in [0.25, 0.3) is 0 Å². The zero-order valence-corrected chi connectivity index (χ0v) is 15.9. The van der Waals surface area contributed by atoms with Crippen LogP contribution in [0, 0.1) is 11.8 Å². The van der Waals surface area contributed by atoms with Crippen LogP contribution in [0.4, 0.5) is 0 Å². The topological polar surface area (TPSA) is 49.3 Å². The van der Waals surface area contributed by atoms with E-state index in [1.54, 1.807) is 0 Å². The van der Waals surface area contributed by atoms with Crippen molar-refractivity contribution >= 4 is 5.78 Å². The molecule has 1 saturated carbocycles. The van der Waals surface area contributed by atoms with Crippen molar-refractivity contribution in [1.29, 1.82) is 0 Å². The molecule has 2 rings (SSSR count). The van der Waals surface area contributed by atoms with E-state index in [-0.39, 0.29) is 12.0 Å². The van der Waals surface area contributed by atoms with Crippen LogP contribution in [0.5, 0.6) is 0 Å². The SMILES string of the molecule is CCCCC[C@H]1CC[C@H](C(=O)CN[C@H](C)[C@H](O)c2ccccc2)CC1. The Labute approximate surface area is 153 Å². The second kappa shape index (κ2) is 10.7. The van der Waals surface area contributed by atoms with Crippen LogP contribution in [0.15, 0.2) is 30.3 Å². The van der Waals surface area contributed by atoms with Crippen molar-refractivity contribution in [3.63, 3.8) is 0 Å². The fourth-order valence-electron chi connectivity index (χ4n) is 3.91. The third kappa shape index (κ3) is 6.56. The highest BCUT2D eigenvalue weighted by molar-refractivity contribution is 5.83. The summed E-state index contributed by atoms with van der Waals surface area (Å²) in [4.78, 5) is 12.5. The van der Waals surface area contributed by atoms with Gasteiger partial charge in [-0.15, -0.1) is 0 Å². The first-order valence-electron chi connectivity index (χ1n) is 10.1. The van der Waals surface area contributed by atoms with E-state index in [0.29, 0.717) is 12.3 Å². The van der Waals surface area contributed by atoms with Gasteiger partial charge in [0, 0.05) is 12.0 Å². The number of aliphatic hydroxyl groups is 1. The van der Waals surface area contributed by atoms with Gasteiger partial charge in [-0.25, -0.2) is 0 Å². The summed E-state index contributed by atoms with van der Waals surface area (Å²) in [7, 11) is 0. The molecule has 0 amide bonds. The third-order valence-corrected chi connectivity index (χ3v) is 5.73. The Hall–Kier alpha value is -1.19. The predicted molar refractivity (Wildman–Crippen MR) is 103 cm³/mol. The number of unbranched alkanes of at least 4 members (excludes halogenated alkanes) is 2. The third-order valence-electron chi connectivity index (χ3n) is 5.73. The molecular weight excluding hydrogens is 310 g/mol. The first-order valence-corrected chi connectivity index (χ1v) is 10.1. The second-order valence-corrected chi connectivity index (χ2v) is 7.70. The van der Waals surface area contributed by atoms with Gasteiger partial charge in [-0.05, 0) is 44.1 Å². The van der Waals surface area contributed by atoms with Gasteiger partial charge in [0.05, 0.1) is 12.6 Å². The maximum Gasteiger partial charge on any atom is 0.149 e. The lowest BCUT2D eigenvalue weighted by atomic mass is 9.78.